The summed E-state index contributed by atoms with van der Waals surface area (Å²) in [7, 11) is 0. The van der Waals surface area contributed by atoms with Crippen LogP contribution in [0.3, 0.4) is 0 Å². The van der Waals surface area contributed by atoms with Crippen LogP contribution in [0.5, 0.6) is 0 Å². The van der Waals surface area contributed by atoms with Gasteiger partial charge in [-0.2, -0.15) is 0 Å². The van der Waals surface area contributed by atoms with E-state index in [4.69, 9.17) is 5.41 Å². The Morgan fingerprint density at radius 2 is 2.19 bits per heavy atom. The highest BCUT2D eigenvalue weighted by Crippen LogP contribution is 2.28. The summed E-state index contributed by atoms with van der Waals surface area (Å²) in [6.45, 7) is 3.09. The normalized spacial score (nSPS) is 25.5. The molecule has 0 radical (unpaired) electrons. The van der Waals surface area contributed by atoms with Gasteiger partial charge >= 0.3 is 0 Å². The fourth-order valence-electron chi connectivity index (χ4n) is 4.17. The average Bonchev–Trinajstić information content (AvgIpc) is 3.19. The summed E-state index contributed by atoms with van der Waals surface area (Å²) in [5.74, 6) is 0.867. The van der Waals surface area contributed by atoms with Crippen molar-refractivity contribution < 1.29 is 4.79 Å². The van der Waals surface area contributed by atoms with E-state index in [9.17, 15) is 4.79 Å². The minimum absolute atomic E-state index is 0.278. The van der Waals surface area contributed by atoms with Crippen LogP contribution in [0, 0.1) is 11.3 Å². The van der Waals surface area contributed by atoms with E-state index in [0.717, 1.165) is 25.1 Å². The van der Waals surface area contributed by atoms with Gasteiger partial charge in [0, 0.05) is 50.8 Å². The Kier molecular flexibility index (Phi) is 7.69. The van der Waals surface area contributed by atoms with E-state index >= 15 is 0 Å². The lowest BCUT2D eigenvalue weighted by atomic mass is 9.99. The Morgan fingerprint density at radius 3 is 2.96 bits per heavy atom. The second-order valence-electron chi connectivity index (χ2n) is 8.02. The van der Waals surface area contributed by atoms with Gasteiger partial charge in [0.1, 0.15) is 0 Å². The lowest BCUT2D eigenvalue weighted by molar-refractivity contribution is -0.131. The van der Waals surface area contributed by atoms with Crippen molar-refractivity contribution >= 4 is 11.6 Å². The number of piperidine rings is 1. The molecule has 1 aliphatic carbocycles. The number of carbonyl (C=O) groups is 1. The molecule has 0 aromatic heterocycles. The van der Waals surface area contributed by atoms with Crippen molar-refractivity contribution in [1.29, 1.82) is 5.41 Å². The zero-order valence-electron chi connectivity index (χ0n) is 16.4. The van der Waals surface area contributed by atoms with Crippen LogP contribution in [0.15, 0.2) is 36.1 Å². The van der Waals surface area contributed by atoms with E-state index in [1.165, 1.54) is 32.1 Å². The van der Waals surface area contributed by atoms with Crippen LogP contribution in [0.25, 0.3) is 0 Å². The standard InChI is InChI=1S/C22H34N4O/c23-21-11-14-26(22(27)15-18-7-1-2-8-18)17-19(21)9-3-5-12-24-16-20-10-4-6-13-25-20/h3,5-6,9,13,18,20,23-25H,1-2,4,7-8,10-12,14-17H2/b5-3+,19-9-,23-21?. The van der Waals surface area contributed by atoms with Crippen LogP contribution in [0.4, 0.5) is 0 Å². The molecule has 1 saturated carbocycles. The van der Waals surface area contributed by atoms with Gasteiger partial charge in [0.05, 0.1) is 0 Å². The Hall–Kier alpha value is -1.88. The number of hydrogen-bond acceptors (Lipinski definition) is 4. The summed E-state index contributed by atoms with van der Waals surface area (Å²) in [6.07, 6.45) is 19.0. The third-order valence-corrected chi connectivity index (χ3v) is 5.89. The number of carbonyl (C=O) groups excluding carboxylic acids is 1. The van der Waals surface area contributed by atoms with Crippen molar-refractivity contribution in [3.63, 3.8) is 0 Å². The van der Waals surface area contributed by atoms with Gasteiger partial charge in [-0.3, -0.25) is 4.79 Å². The number of likely N-dealkylation sites (tertiary alicyclic amines) is 1. The minimum Gasteiger partial charge on any atom is -0.387 e. The molecule has 0 aromatic carbocycles. The number of allylic oxidation sites excluding steroid dienone is 3. The van der Waals surface area contributed by atoms with Gasteiger partial charge in [-0.25, -0.2) is 0 Å². The number of hydrogen-bond donors (Lipinski definition) is 3. The maximum absolute atomic E-state index is 12.6. The summed E-state index contributed by atoms with van der Waals surface area (Å²) in [5.41, 5.74) is 1.66. The molecule has 2 aliphatic heterocycles. The number of nitrogens with zero attached hydrogens (tertiary/aromatic N) is 1. The predicted octanol–water partition coefficient (Wildman–Crippen LogP) is 3.16. The molecule has 1 atom stereocenters. The predicted molar refractivity (Wildman–Crippen MR) is 111 cm³/mol. The van der Waals surface area contributed by atoms with Crippen LogP contribution in [0.1, 0.15) is 51.4 Å². The average molecular weight is 371 g/mol. The Bertz CT molecular complexity index is 601. The first-order valence-corrected chi connectivity index (χ1v) is 10.6. The van der Waals surface area contributed by atoms with Crippen LogP contribution >= 0.6 is 0 Å². The molecule has 3 rings (SSSR count). The molecule has 5 heteroatoms. The third kappa shape index (κ3) is 6.35. The first-order chi connectivity index (χ1) is 13.2. The Labute approximate surface area is 163 Å². The maximum Gasteiger partial charge on any atom is 0.223 e. The maximum atomic E-state index is 12.6. The summed E-state index contributed by atoms with van der Waals surface area (Å²) in [6, 6.07) is 0.521. The second-order valence-corrected chi connectivity index (χ2v) is 8.02. The molecule has 2 fully saturated rings. The largest absolute Gasteiger partial charge is 0.387 e. The third-order valence-electron chi connectivity index (χ3n) is 5.89. The Morgan fingerprint density at radius 1 is 1.33 bits per heavy atom. The van der Waals surface area contributed by atoms with Crippen LogP contribution in [0.2, 0.25) is 0 Å². The molecule has 1 unspecified atom stereocenters. The van der Waals surface area contributed by atoms with Gasteiger partial charge in [-0.1, -0.05) is 37.1 Å². The monoisotopic (exact) mass is 370 g/mol. The first-order valence-electron chi connectivity index (χ1n) is 10.6. The van der Waals surface area contributed by atoms with Gasteiger partial charge in [-0.15, -0.1) is 0 Å². The molecule has 27 heavy (non-hydrogen) atoms. The van der Waals surface area contributed by atoms with E-state index < -0.39 is 0 Å². The molecular formula is C22H34N4O. The highest BCUT2D eigenvalue weighted by atomic mass is 16.2. The number of nitrogens with one attached hydrogen (secondary N) is 3. The SMILES string of the molecule is N=C1CCN(C(=O)CC2CCCC2)C/C1=C/C=C/CNCC1CCC=CN1. The molecule has 1 saturated heterocycles. The summed E-state index contributed by atoms with van der Waals surface area (Å²) < 4.78 is 0. The molecule has 2 heterocycles. The molecule has 0 aromatic rings. The molecule has 3 N–H and O–H groups in total. The minimum atomic E-state index is 0.278. The topological polar surface area (TPSA) is 68.2 Å². The van der Waals surface area contributed by atoms with Gasteiger partial charge in [0.25, 0.3) is 0 Å². The van der Waals surface area contributed by atoms with Gasteiger partial charge in [-0.05, 0) is 43.4 Å². The van der Waals surface area contributed by atoms with Crippen molar-refractivity contribution in [3.8, 4) is 0 Å². The number of amides is 1. The zero-order valence-corrected chi connectivity index (χ0v) is 16.4. The molecule has 1 amide bonds. The molecule has 148 valence electrons. The van der Waals surface area contributed by atoms with Gasteiger partial charge < -0.3 is 20.9 Å². The van der Waals surface area contributed by atoms with Crippen molar-refractivity contribution in [2.75, 3.05) is 26.2 Å². The van der Waals surface area contributed by atoms with E-state index in [1.807, 2.05) is 23.3 Å². The second kappa shape index (κ2) is 10.5. The van der Waals surface area contributed by atoms with Gasteiger partial charge in [0.15, 0.2) is 0 Å². The highest BCUT2D eigenvalue weighted by Gasteiger charge is 2.25. The Balaban J connectivity index is 1.40. The molecule has 5 nitrogen and oxygen atoms in total. The van der Waals surface area contributed by atoms with Crippen molar-refractivity contribution in [1.82, 2.24) is 15.5 Å². The van der Waals surface area contributed by atoms with Gasteiger partial charge in [0.2, 0.25) is 5.91 Å². The van der Waals surface area contributed by atoms with Crippen molar-refractivity contribution in [2.24, 2.45) is 5.92 Å². The number of rotatable bonds is 7. The summed E-state index contributed by atoms with van der Waals surface area (Å²) in [4.78, 5) is 14.5. The van der Waals surface area contributed by atoms with E-state index in [2.05, 4.69) is 22.8 Å². The van der Waals surface area contributed by atoms with Crippen molar-refractivity contribution in [3.05, 3.63) is 36.1 Å². The summed E-state index contributed by atoms with van der Waals surface area (Å²) >= 11 is 0. The molecule has 0 bridgehead atoms. The zero-order chi connectivity index (χ0) is 18.9. The fourth-order valence-corrected chi connectivity index (χ4v) is 4.17. The highest BCUT2D eigenvalue weighted by molar-refractivity contribution is 6.00. The van der Waals surface area contributed by atoms with Crippen LogP contribution in [-0.2, 0) is 4.79 Å². The lowest BCUT2D eigenvalue weighted by Gasteiger charge is -2.30. The summed E-state index contributed by atoms with van der Waals surface area (Å²) in [5, 5.41) is 15.0. The van der Waals surface area contributed by atoms with Crippen molar-refractivity contribution in [2.45, 2.75) is 57.4 Å². The fraction of sp³-hybridized carbons (Fsp3) is 0.636. The van der Waals surface area contributed by atoms with E-state index in [1.54, 1.807) is 0 Å². The quantitative estimate of drug-likeness (QED) is 0.603. The first kappa shape index (κ1) is 19.9. The van der Waals surface area contributed by atoms with Crippen LogP contribution in [-0.4, -0.2) is 48.7 Å². The molecule has 3 aliphatic rings. The lowest BCUT2D eigenvalue weighted by Crippen LogP contribution is -2.40. The smallest absolute Gasteiger partial charge is 0.223 e. The van der Waals surface area contributed by atoms with E-state index in [0.29, 0.717) is 43.6 Å². The molecule has 0 spiro atoms. The molecular weight excluding hydrogens is 336 g/mol. The van der Waals surface area contributed by atoms with Crippen LogP contribution < -0.4 is 10.6 Å². The van der Waals surface area contributed by atoms with E-state index in [-0.39, 0.29) is 5.91 Å².